The highest BCUT2D eigenvalue weighted by Crippen LogP contribution is 2.14. The van der Waals surface area contributed by atoms with Gasteiger partial charge in [-0.1, -0.05) is 11.8 Å². The maximum Gasteiger partial charge on any atom is 0.320 e. The van der Waals surface area contributed by atoms with Crippen LogP contribution in [0.1, 0.15) is 6.42 Å². The summed E-state index contributed by atoms with van der Waals surface area (Å²) in [6, 6.07) is -0.515. The first-order chi connectivity index (χ1) is 7.15. The molecule has 0 saturated carbocycles. The number of aliphatic carboxylic acids is 1. The first kappa shape index (κ1) is 11.9. The number of carbonyl (C=O) groups is 1. The zero-order chi connectivity index (χ0) is 11.3. The summed E-state index contributed by atoms with van der Waals surface area (Å²) in [5.74, 6) is -0.180. The number of likely N-dealkylation sites (N-methyl/N-ethyl adjacent to an activating group) is 1. The number of thioether (sulfide) groups is 1. The van der Waals surface area contributed by atoms with Gasteiger partial charge in [0.15, 0.2) is 0 Å². The van der Waals surface area contributed by atoms with E-state index in [0.717, 1.165) is 0 Å². The summed E-state index contributed by atoms with van der Waals surface area (Å²) < 4.78 is 1.56. The van der Waals surface area contributed by atoms with Crippen molar-refractivity contribution in [3.63, 3.8) is 0 Å². The van der Waals surface area contributed by atoms with Gasteiger partial charge in [0.05, 0.1) is 0 Å². The molecule has 0 fully saturated rings. The Morgan fingerprint density at radius 1 is 1.73 bits per heavy atom. The second-order valence-corrected chi connectivity index (χ2v) is 3.96. The molecule has 1 aromatic heterocycles. The normalized spacial score (nSPS) is 12.7. The van der Waals surface area contributed by atoms with E-state index in [1.807, 2.05) is 0 Å². The average molecular weight is 231 g/mol. The molecule has 0 spiro atoms. The smallest absolute Gasteiger partial charge is 0.320 e. The van der Waals surface area contributed by atoms with E-state index in [1.54, 1.807) is 18.8 Å². The predicted octanol–water partition coefficient (Wildman–Crippen LogP) is -0.635. The van der Waals surface area contributed by atoms with Gasteiger partial charge in [0.1, 0.15) is 6.04 Å². The number of carboxylic acids is 1. The van der Waals surface area contributed by atoms with Crippen LogP contribution in [0.2, 0.25) is 0 Å². The van der Waals surface area contributed by atoms with Crippen molar-refractivity contribution >= 4 is 17.7 Å². The largest absolute Gasteiger partial charge is 0.480 e. The van der Waals surface area contributed by atoms with Crippen molar-refractivity contribution in [2.45, 2.75) is 17.6 Å². The summed E-state index contributed by atoms with van der Waals surface area (Å²) in [7, 11) is 3.38. The van der Waals surface area contributed by atoms with Crippen molar-refractivity contribution in [2.24, 2.45) is 7.05 Å². The minimum absolute atomic E-state index is 0.515. The van der Waals surface area contributed by atoms with Gasteiger partial charge < -0.3 is 10.4 Å². The third kappa shape index (κ3) is 3.48. The molecule has 1 aromatic rings. The molecule has 0 radical (unpaired) electrons. The fraction of sp³-hybridized carbons (Fsp3) is 0.714. The van der Waals surface area contributed by atoms with Crippen LogP contribution in [0.15, 0.2) is 5.16 Å². The van der Waals surface area contributed by atoms with E-state index in [1.165, 1.54) is 11.8 Å². The van der Waals surface area contributed by atoms with Gasteiger partial charge in [-0.25, -0.2) is 4.68 Å². The Morgan fingerprint density at radius 2 is 2.47 bits per heavy atom. The molecule has 0 aromatic carbocycles. The minimum Gasteiger partial charge on any atom is -0.480 e. The Hall–Kier alpha value is -1.15. The Morgan fingerprint density at radius 3 is 2.93 bits per heavy atom. The molecule has 1 heterocycles. The predicted molar refractivity (Wildman–Crippen MR) is 54.6 cm³/mol. The molecule has 0 aliphatic rings. The van der Waals surface area contributed by atoms with Crippen LogP contribution in [0.3, 0.4) is 0 Å². The summed E-state index contributed by atoms with van der Waals surface area (Å²) >= 11 is 1.44. The Kier molecular flexibility index (Phi) is 4.50. The minimum atomic E-state index is -0.839. The molecule has 1 unspecified atom stereocenters. The molecule has 0 aliphatic carbocycles. The lowest BCUT2D eigenvalue weighted by Crippen LogP contribution is -2.34. The van der Waals surface area contributed by atoms with Gasteiger partial charge in [0.2, 0.25) is 5.16 Å². The summed E-state index contributed by atoms with van der Waals surface area (Å²) in [4.78, 5) is 10.7. The molecule has 0 aliphatic heterocycles. The number of aromatic nitrogens is 4. The molecule has 0 saturated heterocycles. The highest BCUT2D eigenvalue weighted by molar-refractivity contribution is 7.99. The SMILES string of the molecule is CNC(CCSc1nnnn1C)C(=O)O. The summed E-state index contributed by atoms with van der Waals surface area (Å²) in [5.41, 5.74) is 0. The highest BCUT2D eigenvalue weighted by atomic mass is 32.2. The lowest BCUT2D eigenvalue weighted by molar-refractivity contribution is -0.139. The Labute approximate surface area is 91.2 Å². The third-order valence-electron chi connectivity index (χ3n) is 1.87. The number of nitrogens with one attached hydrogen (secondary N) is 1. The van der Waals surface area contributed by atoms with E-state index < -0.39 is 12.0 Å². The molecule has 84 valence electrons. The van der Waals surface area contributed by atoms with E-state index in [0.29, 0.717) is 17.3 Å². The Balaban J connectivity index is 2.33. The first-order valence-corrected chi connectivity index (χ1v) is 5.39. The lowest BCUT2D eigenvalue weighted by atomic mass is 10.2. The van der Waals surface area contributed by atoms with Crippen LogP contribution in [0.5, 0.6) is 0 Å². The fourth-order valence-electron chi connectivity index (χ4n) is 1.00. The molecule has 1 atom stereocenters. The zero-order valence-electron chi connectivity index (χ0n) is 8.54. The van der Waals surface area contributed by atoms with Crippen molar-refractivity contribution in [1.82, 2.24) is 25.5 Å². The van der Waals surface area contributed by atoms with Crippen LogP contribution in [0.25, 0.3) is 0 Å². The average Bonchev–Trinajstić information content (AvgIpc) is 2.58. The monoisotopic (exact) mass is 231 g/mol. The van der Waals surface area contributed by atoms with E-state index in [2.05, 4.69) is 20.8 Å². The van der Waals surface area contributed by atoms with Gasteiger partial charge in [-0.2, -0.15) is 0 Å². The maximum atomic E-state index is 10.7. The van der Waals surface area contributed by atoms with Crippen molar-refractivity contribution < 1.29 is 9.90 Å². The zero-order valence-corrected chi connectivity index (χ0v) is 9.36. The second kappa shape index (κ2) is 5.66. The number of hydrogen-bond donors (Lipinski definition) is 2. The summed E-state index contributed by atoms with van der Waals surface area (Å²) in [6.07, 6.45) is 0.531. The van der Waals surface area contributed by atoms with Crippen LogP contribution in [0, 0.1) is 0 Å². The van der Waals surface area contributed by atoms with E-state index >= 15 is 0 Å². The van der Waals surface area contributed by atoms with Crippen LogP contribution in [0.4, 0.5) is 0 Å². The first-order valence-electron chi connectivity index (χ1n) is 4.40. The van der Waals surface area contributed by atoms with Crippen LogP contribution in [-0.2, 0) is 11.8 Å². The molecule has 1 rings (SSSR count). The molecule has 8 heteroatoms. The molecule has 0 bridgehead atoms. The number of rotatable bonds is 6. The number of hydrogen-bond acceptors (Lipinski definition) is 6. The van der Waals surface area contributed by atoms with Crippen LogP contribution < -0.4 is 5.32 Å². The molecule has 7 nitrogen and oxygen atoms in total. The standard InChI is InChI=1S/C7H13N5O2S/c1-8-5(6(13)14)3-4-15-7-9-10-11-12(7)2/h5,8H,3-4H2,1-2H3,(H,13,14). The van der Waals surface area contributed by atoms with Crippen molar-refractivity contribution in [3.8, 4) is 0 Å². The quantitative estimate of drug-likeness (QED) is 0.629. The molecule has 15 heavy (non-hydrogen) atoms. The van der Waals surface area contributed by atoms with Gasteiger partial charge in [0.25, 0.3) is 0 Å². The van der Waals surface area contributed by atoms with Crippen LogP contribution >= 0.6 is 11.8 Å². The topological polar surface area (TPSA) is 92.9 Å². The van der Waals surface area contributed by atoms with Gasteiger partial charge in [0, 0.05) is 12.8 Å². The van der Waals surface area contributed by atoms with Crippen molar-refractivity contribution in [3.05, 3.63) is 0 Å². The Bertz CT molecular complexity index is 329. The van der Waals surface area contributed by atoms with Crippen LogP contribution in [-0.4, -0.2) is 50.1 Å². The summed E-state index contributed by atoms with van der Waals surface area (Å²) in [5, 5.41) is 23.1. The van der Waals surface area contributed by atoms with E-state index in [-0.39, 0.29) is 0 Å². The number of carboxylic acid groups (broad SMARTS) is 1. The van der Waals surface area contributed by atoms with Gasteiger partial charge >= 0.3 is 5.97 Å². The van der Waals surface area contributed by atoms with E-state index in [9.17, 15) is 4.79 Å². The summed E-state index contributed by atoms with van der Waals surface area (Å²) in [6.45, 7) is 0. The van der Waals surface area contributed by atoms with Gasteiger partial charge in [-0.05, 0) is 23.9 Å². The number of nitrogens with zero attached hydrogens (tertiary/aromatic N) is 4. The lowest BCUT2D eigenvalue weighted by Gasteiger charge is -2.09. The van der Waals surface area contributed by atoms with Gasteiger partial charge in [-0.3, -0.25) is 4.79 Å². The van der Waals surface area contributed by atoms with Gasteiger partial charge in [-0.15, -0.1) is 5.10 Å². The second-order valence-electron chi connectivity index (χ2n) is 2.90. The van der Waals surface area contributed by atoms with Crippen molar-refractivity contribution in [1.29, 1.82) is 0 Å². The molecule has 0 amide bonds. The number of aryl methyl sites for hydroxylation is 1. The van der Waals surface area contributed by atoms with E-state index in [4.69, 9.17) is 5.11 Å². The number of tetrazole rings is 1. The molecule has 2 N–H and O–H groups in total. The van der Waals surface area contributed by atoms with Crippen molar-refractivity contribution in [2.75, 3.05) is 12.8 Å². The molecular formula is C7H13N5O2S. The molecular weight excluding hydrogens is 218 g/mol. The third-order valence-corrected chi connectivity index (χ3v) is 2.91. The highest BCUT2D eigenvalue weighted by Gasteiger charge is 2.14. The fourth-order valence-corrected chi connectivity index (χ4v) is 1.86. The maximum absolute atomic E-state index is 10.7.